The number of hydrogen-bond acceptors (Lipinski definition) is 3. The van der Waals surface area contributed by atoms with Crippen LogP contribution < -0.4 is 4.90 Å². The third-order valence-corrected chi connectivity index (χ3v) is 4.67. The molecule has 3 rings (SSSR count). The van der Waals surface area contributed by atoms with Crippen molar-refractivity contribution in [1.82, 2.24) is 4.90 Å². The molecule has 0 unspecified atom stereocenters. The summed E-state index contributed by atoms with van der Waals surface area (Å²) in [6.45, 7) is 0.398. The van der Waals surface area contributed by atoms with Gasteiger partial charge in [0.25, 0.3) is 11.8 Å². The molecule has 3 amide bonds. The van der Waals surface area contributed by atoms with Gasteiger partial charge >= 0.3 is 0 Å². The topological polar surface area (TPSA) is 57.7 Å². The summed E-state index contributed by atoms with van der Waals surface area (Å²) in [5, 5.41) is 0. The van der Waals surface area contributed by atoms with Crippen LogP contribution in [0.2, 0.25) is 0 Å². The smallest absolute Gasteiger partial charge is 0.261 e. The highest BCUT2D eigenvalue weighted by molar-refractivity contribution is 6.21. The molecule has 0 atom stereocenters. The van der Waals surface area contributed by atoms with Crippen molar-refractivity contribution in [2.24, 2.45) is 0 Å². The molecule has 0 radical (unpaired) electrons. The van der Waals surface area contributed by atoms with E-state index >= 15 is 0 Å². The largest absolute Gasteiger partial charge is 0.316 e. The number of hydrogen-bond donors (Lipinski definition) is 0. The van der Waals surface area contributed by atoms with E-state index in [0.29, 0.717) is 30.5 Å². The first kappa shape index (κ1) is 17.9. The number of nitrogens with zero attached hydrogens (tertiary/aromatic N) is 2. The number of anilines is 1. The van der Waals surface area contributed by atoms with E-state index in [1.807, 2.05) is 30.3 Å². The van der Waals surface area contributed by atoms with Crippen molar-refractivity contribution >= 4 is 23.4 Å². The van der Waals surface area contributed by atoms with Crippen molar-refractivity contribution in [1.29, 1.82) is 0 Å². The predicted molar refractivity (Wildman–Crippen MR) is 100 cm³/mol. The number of carbonyl (C=O) groups is 3. The molecule has 0 aromatic heterocycles. The maximum atomic E-state index is 12.3. The third kappa shape index (κ3) is 3.67. The number of rotatable bonds is 7. The Bertz CT molecular complexity index is 782. The monoisotopic (exact) mass is 350 g/mol. The Labute approximate surface area is 153 Å². The minimum Gasteiger partial charge on any atom is -0.316 e. The number of carbonyl (C=O) groups excluding carboxylic acids is 3. The Balaban J connectivity index is 1.42. The summed E-state index contributed by atoms with van der Waals surface area (Å²) < 4.78 is 0. The molecule has 2 aromatic rings. The van der Waals surface area contributed by atoms with Crippen LogP contribution in [-0.4, -0.2) is 36.2 Å². The van der Waals surface area contributed by atoms with Crippen LogP contribution in [0.5, 0.6) is 0 Å². The predicted octanol–water partition coefficient (Wildman–Crippen LogP) is 3.51. The van der Waals surface area contributed by atoms with Crippen LogP contribution in [0.3, 0.4) is 0 Å². The molecule has 0 fully saturated rings. The van der Waals surface area contributed by atoms with Gasteiger partial charge in [-0.1, -0.05) is 36.8 Å². The number of amides is 3. The first-order valence-corrected chi connectivity index (χ1v) is 8.86. The van der Waals surface area contributed by atoms with Crippen LogP contribution in [0.15, 0.2) is 54.6 Å². The maximum absolute atomic E-state index is 12.3. The molecular formula is C21H22N2O3. The second-order valence-corrected chi connectivity index (χ2v) is 6.41. The van der Waals surface area contributed by atoms with Gasteiger partial charge in [0.1, 0.15) is 0 Å². The van der Waals surface area contributed by atoms with E-state index in [1.165, 1.54) is 4.90 Å². The lowest BCUT2D eigenvalue weighted by molar-refractivity contribution is -0.118. The van der Waals surface area contributed by atoms with E-state index in [4.69, 9.17) is 0 Å². The Kier molecular flexibility index (Phi) is 5.46. The van der Waals surface area contributed by atoms with E-state index in [1.54, 1.807) is 36.2 Å². The summed E-state index contributed by atoms with van der Waals surface area (Å²) in [6, 6.07) is 16.4. The summed E-state index contributed by atoms with van der Waals surface area (Å²) in [5.41, 5.74) is 1.85. The van der Waals surface area contributed by atoms with Crippen molar-refractivity contribution in [2.75, 3.05) is 18.5 Å². The van der Waals surface area contributed by atoms with Crippen molar-refractivity contribution in [3.05, 3.63) is 65.7 Å². The van der Waals surface area contributed by atoms with Gasteiger partial charge in [0.15, 0.2) is 0 Å². The molecular weight excluding hydrogens is 328 g/mol. The second kappa shape index (κ2) is 7.95. The summed E-state index contributed by atoms with van der Waals surface area (Å²) >= 11 is 0. The Morgan fingerprint density at radius 2 is 1.42 bits per heavy atom. The van der Waals surface area contributed by atoms with Gasteiger partial charge in [-0.3, -0.25) is 19.3 Å². The van der Waals surface area contributed by atoms with E-state index in [-0.39, 0.29) is 17.7 Å². The summed E-state index contributed by atoms with van der Waals surface area (Å²) in [4.78, 5) is 39.7. The highest BCUT2D eigenvalue weighted by atomic mass is 16.2. The van der Waals surface area contributed by atoms with E-state index in [0.717, 1.165) is 18.5 Å². The first-order valence-electron chi connectivity index (χ1n) is 8.86. The Hall–Kier alpha value is -2.95. The highest BCUT2D eigenvalue weighted by Crippen LogP contribution is 2.23. The first-order chi connectivity index (χ1) is 12.6. The maximum Gasteiger partial charge on any atom is 0.261 e. The lowest BCUT2D eigenvalue weighted by Crippen LogP contribution is -2.30. The standard InChI is InChI=1S/C21H22N2O3/c1-22(16-10-4-2-5-11-16)19(24)14-6-3-9-15-23-20(25)17-12-7-8-13-18(17)21(23)26/h2,4-5,7-8,10-13H,3,6,9,14-15H2,1H3. The fraction of sp³-hybridized carbons (Fsp3) is 0.286. The van der Waals surface area contributed by atoms with E-state index < -0.39 is 0 Å². The molecule has 1 aliphatic heterocycles. The van der Waals surface area contributed by atoms with Crippen LogP contribution in [0.25, 0.3) is 0 Å². The number of para-hydroxylation sites is 1. The number of unbranched alkanes of at least 4 members (excludes halogenated alkanes) is 2. The second-order valence-electron chi connectivity index (χ2n) is 6.41. The van der Waals surface area contributed by atoms with Gasteiger partial charge in [-0.15, -0.1) is 0 Å². The average Bonchev–Trinajstić information content (AvgIpc) is 2.92. The minimum atomic E-state index is -0.217. The third-order valence-electron chi connectivity index (χ3n) is 4.67. The van der Waals surface area contributed by atoms with Gasteiger partial charge in [-0.05, 0) is 37.1 Å². The summed E-state index contributed by atoms with van der Waals surface area (Å²) in [7, 11) is 1.77. The lowest BCUT2D eigenvalue weighted by Gasteiger charge is -2.17. The van der Waals surface area contributed by atoms with Crippen LogP contribution >= 0.6 is 0 Å². The zero-order chi connectivity index (χ0) is 18.5. The van der Waals surface area contributed by atoms with Gasteiger partial charge in [0, 0.05) is 25.7 Å². The molecule has 5 heteroatoms. The van der Waals surface area contributed by atoms with Gasteiger partial charge in [0.2, 0.25) is 5.91 Å². The van der Waals surface area contributed by atoms with Crippen molar-refractivity contribution in [3.8, 4) is 0 Å². The van der Waals surface area contributed by atoms with Crippen LogP contribution in [0.4, 0.5) is 5.69 Å². The van der Waals surface area contributed by atoms with Crippen molar-refractivity contribution in [2.45, 2.75) is 25.7 Å². The van der Waals surface area contributed by atoms with Crippen LogP contribution in [0, 0.1) is 0 Å². The molecule has 134 valence electrons. The Morgan fingerprint density at radius 3 is 2.04 bits per heavy atom. The fourth-order valence-corrected chi connectivity index (χ4v) is 3.13. The average molecular weight is 350 g/mol. The number of imide groups is 1. The van der Waals surface area contributed by atoms with Gasteiger partial charge in [0.05, 0.1) is 11.1 Å². The lowest BCUT2D eigenvalue weighted by atomic mass is 10.1. The quantitative estimate of drug-likeness (QED) is 0.567. The molecule has 26 heavy (non-hydrogen) atoms. The van der Waals surface area contributed by atoms with Crippen LogP contribution in [0.1, 0.15) is 46.4 Å². The molecule has 0 aliphatic carbocycles. The minimum absolute atomic E-state index is 0.0666. The molecule has 0 bridgehead atoms. The van der Waals surface area contributed by atoms with Gasteiger partial charge in [-0.25, -0.2) is 0 Å². The Morgan fingerprint density at radius 1 is 0.846 bits per heavy atom. The summed E-state index contributed by atoms with van der Waals surface area (Å²) in [5.74, 6) is -0.368. The normalized spacial score (nSPS) is 13.0. The van der Waals surface area contributed by atoms with E-state index in [9.17, 15) is 14.4 Å². The van der Waals surface area contributed by atoms with Crippen molar-refractivity contribution < 1.29 is 14.4 Å². The number of fused-ring (bicyclic) bond motifs is 1. The fourth-order valence-electron chi connectivity index (χ4n) is 3.13. The van der Waals surface area contributed by atoms with Gasteiger partial charge in [-0.2, -0.15) is 0 Å². The number of benzene rings is 2. The van der Waals surface area contributed by atoms with Crippen LogP contribution in [-0.2, 0) is 4.79 Å². The molecule has 5 nitrogen and oxygen atoms in total. The molecule has 0 N–H and O–H groups in total. The van der Waals surface area contributed by atoms with Gasteiger partial charge < -0.3 is 4.90 Å². The zero-order valence-electron chi connectivity index (χ0n) is 14.9. The van der Waals surface area contributed by atoms with E-state index in [2.05, 4.69) is 0 Å². The van der Waals surface area contributed by atoms with Crippen molar-refractivity contribution in [3.63, 3.8) is 0 Å². The highest BCUT2D eigenvalue weighted by Gasteiger charge is 2.34. The zero-order valence-corrected chi connectivity index (χ0v) is 14.9. The summed E-state index contributed by atoms with van der Waals surface area (Å²) in [6.07, 6.45) is 2.68. The molecule has 0 saturated heterocycles. The molecule has 0 spiro atoms. The molecule has 1 aliphatic rings. The molecule has 0 saturated carbocycles. The molecule has 2 aromatic carbocycles. The SMILES string of the molecule is CN(C(=O)CCCCCN1C(=O)c2ccccc2C1=O)c1ccccc1. The molecule has 1 heterocycles.